The molecule has 1 aromatic heterocycles. The van der Waals surface area contributed by atoms with Crippen LogP contribution in [0.4, 0.5) is 15.9 Å². The van der Waals surface area contributed by atoms with E-state index in [-0.39, 0.29) is 22.8 Å². The van der Waals surface area contributed by atoms with Gasteiger partial charge in [0.25, 0.3) is 5.91 Å². The summed E-state index contributed by atoms with van der Waals surface area (Å²) in [6, 6.07) is 14.5. The molecule has 0 aliphatic carbocycles. The second kappa shape index (κ2) is 8.04. The van der Waals surface area contributed by atoms with Gasteiger partial charge in [0, 0.05) is 5.69 Å². The summed E-state index contributed by atoms with van der Waals surface area (Å²) >= 11 is 0. The van der Waals surface area contributed by atoms with Gasteiger partial charge in [0.2, 0.25) is 0 Å². The standard InChI is InChI=1S/C22H17FN4O3/c23-15-7-4-8-16(11-15)25-21(28)18-13-24-27-17(10-9-14-5-2-1-3-6-14)12-19(22(29)30)26-20(18)27/h1-13,17,26H,(H,25,28)(H,29,30)/b10-9+/t17-/m1/s1. The average Bonchev–Trinajstić information content (AvgIpc) is 3.17. The van der Waals surface area contributed by atoms with Crippen LogP contribution in [0.5, 0.6) is 0 Å². The highest BCUT2D eigenvalue weighted by atomic mass is 19.1. The number of nitrogens with one attached hydrogen (secondary N) is 2. The molecule has 1 amide bonds. The maximum atomic E-state index is 13.4. The van der Waals surface area contributed by atoms with Gasteiger partial charge in [0.15, 0.2) is 0 Å². The van der Waals surface area contributed by atoms with Crippen LogP contribution in [-0.4, -0.2) is 26.8 Å². The van der Waals surface area contributed by atoms with Crippen LogP contribution in [0.1, 0.15) is 22.0 Å². The molecule has 0 unspecified atom stereocenters. The zero-order chi connectivity index (χ0) is 21.1. The topological polar surface area (TPSA) is 96.2 Å². The quantitative estimate of drug-likeness (QED) is 0.599. The molecule has 7 nitrogen and oxygen atoms in total. The lowest BCUT2D eigenvalue weighted by Crippen LogP contribution is -2.24. The number of anilines is 2. The summed E-state index contributed by atoms with van der Waals surface area (Å²) in [7, 11) is 0. The third-order valence-electron chi connectivity index (χ3n) is 4.51. The molecule has 30 heavy (non-hydrogen) atoms. The van der Waals surface area contributed by atoms with Gasteiger partial charge in [-0.25, -0.2) is 13.9 Å². The number of nitrogens with zero attached hydrogens (tertiary/aromatic N) is 2. The Morgan fingerprint density at radius 1 is 1.17 bits per heavy atom. The van der Waals surface area contributed by atoms with Gasteiger partial charge in [-0.15, -0.1) is 0 Å². The Morgan fingerprint density at radius 3 is 2.70 bits per heavy atom. The van der Waals surface area contributed by atoms with E-state index in [2.05, 4.69) is 15.7 Å². The van der Waals surface area contributed by atoms with E-state index in [0.717, 1.165) is 5.56 Å². The summed E-state index contributed by atoms with van der Waals surface area (Å²) in [5.74, 6) is -1.93. The highest BCUT2D eigenvalue weighted by Crippen LogP contribution is 2.29. The minimum Gasteiger partial charge on any atom is -0.477 e. The second-order valence-corrected chi connectivity index (χ2v) is 6.59. The van der Waals surface area contributed by atoms with Gasteiger partial charge in [0.05, 0.1) is 12.2 Å². The van der Waals surface area contributed by atoms with Crippen LogP contribution in [0, 0.1) is 5.82 Å². The molecule has 0 bridgehead atoms. The number of amides is 1. The Morgan fingerprint density at radius 2 is 1.97 bits per heavy atom. The number of aromatic nitrogens is 2. The fraction of sp³-hybridized carbons (Fsp3) is 0.0455. The largest absolute Gasteiger partial charge is 0.477 e. The van der Waals surface area contributed by atoms with Crippen LogP contribution < -0.4 is 10.6 Å². The molecule has 0 saturated carbocycles. The van der Waals surface area contributed by atoms with Gasteiger partial charge in [-0.2, -0.15) is 5.10 Å². The number of aliphatic carboxylic acids is 1. The van der Waals surface area contributed by atoms with Crippen molar-refractivity contribution >= 4 is 29.5 Å². The minimum absolute atomic E-state index is 0.0643. The van der Waals surface area contributed by atoms with Gasteiger partial charge in [-0.3, -0.25) is 4.79 Å². The molecule has 3 aromatic rings. The maximum Gasteiger partial charge on any atom is 0.352 e. The summed E-state index contributed by atoms with van der Waals surface area (Å²) in [5.41, 5.74) is 1.30. The van der Waals surface area contributed by atoms with Gasteiger partial charge in [-0.05, 0) is 29.8 Å². The van der Waals surface area contributed by atoms with Crippen LogP contribution in [-0.2, 0) is 4.79 Å². The van der Waals surface area contributed by atoms with Crippen LogP contribution in [0.2, 0.25) is 0 Å². The number of carbonyl (C=O) groups is 2. The molecule has 0 spiro atoms. The van der Waals surface area contributed by atoms with Crippen LogP contribution in [0.3, 0.4) is 0 Å². The number of hydrogen-bond acceptors (Lipinski definition) is 4. The van der Waals surface area contributed by atoms with E-state index in [1.54, 1.807) is 12.1 Å². The highest BCUT2D eigenvalue weighted by Gasteiger charge is 2.27. The molecule has 1 aliphatic heterocycles. The van der Waals surface area contributed by atoms with E-state index in [1.807, 2.05) is 36.4 Å². The lowest BCUT2D eigenvalue weighted by Gasteiger charge is -2.22. The lowest BCUT2D eigenvalue weighted by molar-refractivity contribution is -0.132. The normalized spacial score (nSPS) is 15.2. The number of halogens is 1. The first kappa shape index (κ1) is 19.1. The highest BCUT2D eigenvalue weighted by molar-refractivity contribution is 6.08. The molecular formula is C22H17FN4O3. The first-order chi connectivity index (χ1) is 14.5. The number of fused-ring (bicyclic) bond motifs is 1. The molecule has 150 valence electrons. The zero-order valence-corrected chi connectivity index (χ0v) is 15.6. The third kappa shape index (κ3) is 3.97. The number of allylic oxidation sites excluding steroid dienone is 2. The van der Waals surface area contributed by atoms with Gasteiger partial charge < -0.3 is 15.7 Å². The average molecular weight is 404 g/mol. The Hall–Kier alpha value is -4.20. The van der Waals surface area contributed by atoms with Crippen molar-refractivity contribution in [2.24, 2.45) is 0 Å². The molecular weight excluding hydrogens is 387 g/mol. The van der Waals surface area contributed by atoms with Crippen molar-refractivity contribution in [3.8, 4) is 0 Å². The Bertz CT molecular complexity index is 1170. The number of carboxylic acids is 1. The van der Waals surface area contributed by atoms with Crippen molar-refractivity contribution in [3.63, 3.8) is 0 Å². The molecule has 4 rings (SSSR count). The van der Waals surface area contributed by atoms with Crippen molar-refractivity contribution < 1.29 is 19.1 Å². The predicted octanol–water partition coefficient (Wildman–Crippen LogP) is 3.92. The molecule has 2 heterocycles. The zero-order valence-electron chi connectivity index (χ0n) is 15.6. The van der Waals surface area contributed by atoms with Gasteiger partial charge in [0.1, 0.15) is 22.9 Å². The lowest BCUT2D eigenvalue weighted by atomic mass is 10.1. The molecule has 0 radical (unpaired) electrons. The van der Waals surface area contributed by atoms with E-state index in [4.69, 9.17) is 0 Å². The first-order valence-corrected chi connectivity index (χ1v) is 9.11. The molecule has 3 N–H and O–H groups in total. The smallest absolute Gasteiger partial charge is 0.352 e. The van der Waals surface area contributed by atoms with E-state index in [0.29, 0.717) is 0 Å². The fourth-order valence-electron chi connectivity index (χ4n) is 3.09. The molecule has 0 fully saturated rings. The summed E-state index contributed by atoms with van der Waals surface area (Å²) in [4.78, 5) is 24.3. The van der Waals surface area contributed by atoms with Crippen molar-refractivity contribution in [2.45, 2.75) is 6.04 Å². The number of hydrogen-bond donors (Lipinski definition) is 3. The van der Waals surface area contributed by atoms with Crippen LogP contribution >= 0.6 is 0 Å². The van der Waals surface area contributed by atoms with Crippen molar-refractivity contribution in [2.75, 3.05) is 10.6 Å². The van der Waals surface area contributed by atoms with Gasteiger partial charge in [-0.1, -0.05) is 48.6 Å². The van der Waals surface area contributed by atoms with Crippen LogP contribution in [0.25, 0.3) is 6.08 Å². The molecule has 1 atom stereocenters. The first-order valence-electron chi connectivity index (χ1n) is 9.11. The van der Waals surface area contributed by atoms with Crippen molar-refractivity contribution in [1.82, 2.24) is 9.78 Å². The van der Waals surface area contributed by atoms with Gasteiger partial charge >= 0.3 is 5.97 Å². The van der Waals surface area contributed by atoms with Crippen molar-refractivity contribution in [1.29, 1.82) is 0 Å². The SMILES string of the molecule is O=C(O)C1=C[C@@H](/C=C/c2ccccc2)n2ncc(C(=O)Nc3cccc(F)c3)c2N1. The summed E-state index contributed by atoms with van der Waals surface area (Å²) in [6.07, 6.45) is 6.50. The van der Waals surface area contributed by atoms with E-state index in [9.17, 15) is 19.1 Å². The van der Waals surface area contributed by atoms with E-state index >= 15 is 0 Å². The molecule has 2 aromatic carbocycles. The second-order valence-electron chi connectivity index (χ2n) is 6.59. The summed E-state index contributed by atoms with van der Waals surface area (Å²) in [6.45, 7) is 0. The molecule has 0 saturated heterocycles. The molecule has 1 aliphatic rings. The van der Waals surface area contributed by atoms with Crippen molar-refractivity contribution in [3.05, 3.63) is 95.6 Å². The Labute approximate surface area is 171 Å². The Kier molecular flexibility index (Phi) is 5.13. The fourth-order valence-corrected chi connectivity index (χ4v) is 3.09. The predicted molar refractivity (Wildman–Crippen MR) is 110 cm³/mol. The van der Waals surface area contributed by atoms with E-state index < -0.39 is 23.7 Å². The molecule has 8 heteroatoms. The number of benzene rings is 2. The monoisotopic (exact) mass is 404 g/mol. The number of rotatable bonds is 5. The van der Waals surface area contributed by atoms with E-state index in [1.165, 1.54) is 35.2 Å². The number of carbonyl (C=O) groups excluding carboxylic acids is 1. The third-order valence-corrected chi connectivity index (χ3v) is 4.51. The number of carboxylic acid groups (broad SMARTS) is 1. The van der Waals surface area contributed by atoms with Crippen LogP contribution in [0.15, 0.2) is 78.6 Å². The minimum atomic E-state index is -1.16. The maximum absolute atomic E-state index is 13.4. The Balaban J connectivity index is 1.65. The summed E-state index contributed by atoms with van der Waals surface area (Å²) < 4.78 is 14.9. The summed E-state index contributed by atoms with van der Waals surface area (Å²) in [5, 5.41) is 19.1.